The second kappa shape index (κ2) is 11.5. The van der Waals surface area contributed by atoms with Crippen LogP contribution in [0, 0.1) is 0 Å². The van der Waals surface area contributed by atoms with Crippen LogP contribution in [0.2, 0.25) is 0 Å². The summed E-state index contributed by atoms with van der Waals surface area (Å²) in [6.45, 7) is 0. The summed E-state index contributed by atoms with van der Waals surface area (Å²) in [5.41, 5.74) is 14.0. The standard InChI is InChI=1S/C46H30N4/c1-3-13-30(14-4-1)32-18-11-19-34(27-32)45-47-44(31-15-5-2-6-16-31)48-46(49-45)35-20-12-21-36(28-35)50-42-24-10-9-23-39(42)40-26-25-38-37-22-8-7-17-33(37)29-41(38)43(40)50/h1-28H,29H2. The molecule has 0 radical (unpaired) electrons. The summed E-state index contributed by atoms with van der Waals surface area (Å²) in [5, 5.41) is 2.52. The molecule has 0 fully saturated rings. The van der Waals surface area contributed by atoms with Crippen LogP contribution >= 0.6 is 0 Å². The van der Waals surface area contributed by atoms with E-state index in [1.54, 1.807) is 0 Å². The molecule has 7 aromatic carbocycles. The molecular weight excluding hydrogens is 609 g/mol. The van der Waals surface area contributed by atoms with E-state index in [2.05, 4.69) is 150 Å². The van der Waals surface area contributed by atoms with E-state index in [1.807, 2.05) is 24.3 Å². The molecule has 0 aliphatic heterocycles. The SMILES string of the molecule is c1ccc(-c2cccc(-c3nc(-c4ccccc4)nc(-c4cccc(-n5c6ccccc6c6ccc7c(c65)Cc5ccccc5-7)c4)n3)c2)cc1. The first-order valence-corrected chi connectivity index (χ1v) is 17.0. The molecule has 4 nitrogen and oxygen atoms in total. The Hall–Kier alpha value is -6.65. The molecule has 0 saturated carbocycles. The quantitative estimate of drug-likeness (QED) is 0.188. The maximum atomic E-state index is 5.13. The zero-order valence-electron chi connectivity index (χ0n) is 27.2. The highest BCUT2D eigenvalue weighted by Crippen LogP contribution is 2.44. The van der Waals surface area contributed by atoms with Crippen LogP contribution in [0.15, 0.2) is 170 Å². The maximum Gasteiger partial charge on any atom is 0.164 e. The van der Waals surface area contributed by atoms with Gasteiger partial charge in [0, 0.05) is 39.6 Å². The summed E-state index contributed by atoms with van der Waals surface area (Å²) in [6, 6.07) is 59.8. The van der Waals surface area contributed by atoms with Gasteiger partial charge in [-0.25, -0.2) is 15.0 Å². The Morgan fingerprint density at radius 2 is 1.00 bits per heavy atom. The lowest BCUT2D eigenvalue weighted by atomic mass is 10.0. The van der Waals surface area contributed by atoms with Gasteiger partial charge in [-0.3, -0.25) is 0 Å². The first-order valence-electron chi connectivity index (χ1n) is 17.0. The number of hydrogen-bond acceptors (Lipinski definition) is 3. The average molecular weight is 639 g/mol. The molecule has 4 heteroatoms. The van der Waals surface area contributed by atoms with Crippen molar-refractivity contribution in [2.45, 2.75) is 6.42 Å². The van der Waals surface area contributed by atoms with Crippen molar-refractivity contribution < 1.29 is 0 Å². The topological polar surface area (TPSA) is 43.6 Å². The fourth-order valence-electron chi connectivity index (χ4n) is 7.56. The molecule has 1 aliphatic rings. The van der Waals surface area contributed by atoms with Crippen LogP contribution in [0.25, 0.3) is 83.9 Å². The second-order valence-corrected chi connectivity index (χ2v) is 12.8. The first kappa shape index (κ1) is 28.4. The summed E-state index contributed by atoms with van der Waals surface area (Å²) in [5.74, 6) is 1.93. The van der Waals surface area contributed by atoms with Crippen LogP contribution < -0.4 is 0 Å². The third kappa shape index (κ3) is 4.65. The molecule has 10 rings (SSSR count). The molecule has 0 unspecified atom stereocenters. The molecule has 0 atom stereocenters. The Kier molecular flexibility index (Phi) is 6.53. The molecular formula is C46H30N4. The Labute approximate surface area is 290 Å². The summed E-state index contributed by atoms with van der Waals surface area (Å²) < 4.78 is 2.43. The van der Waals surface area contributed by atoms with Crippen molar-refractivity contribution in [3.63, 3.8) is 0 Å². The number of fused-ring (bicyclic) bond motifs is 7. The van der Waals surface area contributed by atoms with Crippen LogP contribution in [0.3, 0.4) is 0 Å². The van der Waals surface area contributed by atoms with E-state index < -0.39 is 0 Å². The van der Waals surface area contributed by atoms with Crippen molar-refractivity contribution in [1.82, 2.24) is 19.5 Å². The van der Waals surface area contributed by atoms with Crippen molar-refractivity contribution in [2.75, 3.05) is 0 Å². The highest BCUT2D eigenvalue weighted by Gasteiger charge is 2.25. The smallest absolute Gasteiger partial charge is 0.164 e. The fraction of sp³-hybridized carbons (Fsp3) is 0.0217. The predicted octanol–water partition coefficient (Wildman–Crippen LogP) is 11.2. The Morgan fingerprint density at radius 1 is 0.400 bits per heavy atom. The minimum absolute atomic E-state index is 0.638. The predicted molar refractivity (Wildman–Crippen MR) is 204 cm³/mol. The number of rotatable bonds is 5. The zero-order valence-corrected chi connectivity index (χ0v) is 27.2. The van der Waals surface area contributed by atoms with E-state index in [-0.39, 0.29) is 0 Å². The lowest BCUT2D eigenvalue weighted by molar-refractivity contribution is 1.07. The van der Waals surface area contributed by atoms with Gasteiger partial charge in [0.05, 0.1) is 11.0 Å². The summed E-state index contributed by atoms with van der Waals surface area (Å²) in [7, 11) is 0. The van der Waals surface area contributed by atoms with E-state index in [9.17, 15) is 0 Å². The lowest BCUT2D eigenvalue weighted by Crippen LogP contribution is -2.01. The van der Waals surface area contributed by atoms with E-state index in [4.69, 9.17) is 15.0 Å². The Bertz CT molecular complexity index is 2730. The minimum atomic E-state index is 0.638. The Morgan fingerprint density at radius 3 is 1.80 bits per heavy atom. The third-order valence-corrected chi connectivity index (χ3v) is 9.87. The van der Waals surface area contributed by atoms with Crippen LogP contribution in [-0.4, -0.2) is 19.5 Å². The second-order valence-electron chi connectivity index (χ2n) is 12.8. The molecule has 1 aliphatic carbocycles. The van der Waals surface area contributed by atoms with Gasteiger partial charge in [-0.1, -0.05) is 146 Å². The normalized spacial score (nSPS) is 11.9. The molecule has 50 heavy (non-hydrogen) atoms. The van der Waals surface area contributed by atoms with Gasteiger partial charge in [-0.2, -0.15) is 0 Å². The minimum Gasteiger partial charge on any atom is -0.309 e. The third-order valence-electron chi connectivity index (χ3n) is 9.87. The van der Waals surface area contributed by atoms with Crippen molar-refractivity contribution in [1.29, 1.82) is 0 Å². The molecule has 0 amide bonds. The van der Waals surface area contributed by atoms with Gasteiger partial charge in [0.2, 0.25) is 0 Å². The van der Waals surface area contributed by atoms with Crippen LogP contribution in [0.4, 0.5) is 0 Å². The van der Waals surface area contributed by atoms with Crippen molar-refractivity contribution in [3.05, 3.63) is 181 Å². The fourth-order valence-corrected chi connectivity index (χ4v) is 7.56. The maximum absolute atomic E-state index is 5.13. The number of aromatic nitrogens is 4. The van der Waals surface area contributed by atoms with Crippen molar-refractivity contribution in [2.24, 2.45) is 0 Å². The highest BCUT2D eigenvalue weighted by atomic mass is 15.0. The lowest BCUT2D eigenvalue weighted by Gasteiger charge is -2.13. The van der Waals surface area contributed by atoms with Gasteiger partial charge in [0.25, 0.3) is 0 Å². The highest BCUT2D eigenvalue weighted by molar-refractivity contribution is 6.12. The molecule has 2 heterocycles. The van der Waals surface area contributed by atoms with Crippen molar-refractivity contribution >= 4 is 21.8 Å². The molecule has 2 aromatic heterocycles. The first-order chi connectivity index (χ1) is 24.8. The van der Waals surface area contributed by atoms with Gasteiger partial charge in [0.1, 0.15) is 0 Å². The van der Waals surface area contributed by atoms with Gasteiger partial charge >= 0.3 is 0 Å². The van der Waals surface area contributed by atoms with Gasteiger partial charge in [-0.05, 0) is 57.6 Å². The monoisotopic (exact) mass is 638 g/mol. The average Bonchev–Trinajstić information content (AvgIpc) is 3.75. The van der Waals surface area contributed by atoms with Gasteiger partial charge < -0.3 is 4.57 Å². The molecule has 0 N–H and O–H groups in total. The number of benzene rings is 7. The largest absolute Gasteiger partial charge is 0.309 e. The van der Waals surface area contributed by atoms with E-state index in [0.717, 1.165) is 39.9 Å². The summed E-state index contributed by atoms with van der Waals surface area (Å²) in [6.07, 6.45) is 0.915. The molecule has 0 saturated heterocycles. The molecule has 0 bridgehead atoms. The zero-order chi connectivity index (χ0) is 33.0. The number of hydrogen-bond donors (Lipinski definition) is 0. The van der Waals surface area contributed by atoms with Crippen LogP contribution in [0.1, 0.15) is 11.1 Å². The van der Waals surface area contributed by atoms with E-state index >= 15 is 0 Å². The van der Waals surface area contributed by atoms with E-state index in [1.165, 1.54) is 44.1 Å². The molecule has 0 spiro atoms. The van der Waals surface area contributed by atoms with Crippen LogP contribution in [0.5, 0.6) is 0 Å². The number of nitrogens with zero attached hydrogens (tertiary/aromatic N) is 4. The molecule has 9 aromatic rings. The van der Waals surface area contributed by atoms with Crippen molar-refractivity contribution in [3.8, 4) is 62.1 Å². The van der Waals surface area contributed by atoms with E-state index in [0.29, 0.717) is 17.5 Å². The Balaban J connectivity index is 1.16. The summed E-state index contributed by atoms with van der Waals surface area (Å²) in [4.78, 5) is 15.2. The molecule has 234 valence electrons. The number of para-hydroxylation sites is 1. The summed E-state index contributed by atoms with van der Waals surface area (Å²) >= 11 is 0. The van der Waals surface area contributed by atoms with Gasteiger partial charge in [-0.15, -0.1) is 0 Å². The van der Waals surface area contributed by atoms with Gasteiger partial charge in [0.15, 0.2) is 17.5 Å². The van der Waals surface area contributed by atoms with Crippen LogP contribution in [-0.2, 0) is 6.42 Å².